The first-order valence-electron chi connectivity index (χ1n) is 4.77. The highest BCUT2D eigenvalue weighted by Gasteiger charge is 2.06. The van der Waals surface area contributed by atoms with Crippen LogP contribution in [0.4, 0.5) is 0 Å². The quantitative estimate of drug-likeness (QED) is 0.825. The van der Waals surface area contributed by atoms with Crippen LogP contribution in [0.25, 0.3) is 5.69 Å². The standard InChI is InChI=1S/C12H10ClNO2/c1-8-12(16)11(15)5-6-14(8)10-4-2-3-9(13)7-10/h2-7,16H,1H3. The lowest BCUT2D eigenvalue weighted by Gasteiger charge is -2.11. The Kier molecular flexibility index (Phi) is 2.71. The van der Waals surface area contributed by atoms with Gasteiger partial charge in [0.15, 0.2) is 5.75 Å². The number of pyridine rings is 1. The SMILES string of the molecule is Cc1c(O)c(=O)ccn1-c1cccc(Cl)c1. The minimum Gasteiger partial charge on any atom is -0.503 e. The number of hydrogen-bond acceptors (Lipinski definition) is 2. The molecule has 0 saturated heterocycles. The highest BCUT2D eigenvalue weighted by atomic mass is 35.5. The summed E-state index contributed by atoms with van der Waals surface area (Å²) in [6.45, 7) is 1.68. The molecule has 1 heterocycles. The smallest absolute Gasteiger partial charge is 0.223 e. The third-order valence-electron chi connectivity index (χ3n) is 2.40. The first-order chi connectivity index (χ1) is 7.59. The second kappa shape index (κ2) is 4.02. The zero-order valence-corrected chi connectivity index (χ0v) is 9.40. The van der Waals surface area contributed by atoms with Crippen molar-refractivity contribution in [2.75, 3.05) is 0 Å². The van der Waals surface area contributed by atoms with Gasteiger partial charge < -0.3 is 9.67 Å². The molecule has 0 aliphatic carbocycles. The number of nitrogens with zero attached hydrogens (tertiary/aromatic N) is 1. The van der Waals surface area contributed by atoms with Gasteiger partial charge in [0.1, 0.15) is 0 Å². The Balaban J connectivity index is 2.66. The molecular formula is C12H10ClNO2. The van der Waals surface area contributed by atoms with E-state index in [1.807, 2.05) is 12.1 Å². The monoisotopic (exact) mass is 235 g/mol. The van der Waals surface area contributed by atoms with Gasteiger partial charge in [-0.3, -0.25) is 4.79 Å². The zero-order chi connectivity index (χ0) is 11.7. The molecular weight excluding hydrogens is 226 g/mol. The first-order valence-corrected chi connectivity index (χ1v) is 5.14. The highest BCUT2D eigenvalue weighted by molar-refractivity contribution is 6.30. The maximum absolute atomic E-state index is 11.2. The van der Waals surface area contributed by atoms with E-state index in [0.29, 0.717) is 10.7 Å². The molecule has 0 spiro atoms. The van der Waals surface area contributed by atoms with Crippen LogP contribution < -0.4 is 5.43 Å². The molecule has 0 saturated carbocycles. The predicted molar refractivity (Wildman–Crippen MR) is 63.5 cm³/mol. The van der Waals surface area contributed by atoms with Gasteiger partial charge in [-0.25, -0.2) is 0 Å². The third kappa shape index (κ3) is 1.82. The molecule has 0 fully saturated rings. The van der Waals surface area contributed by atoms with Crippen LogP contribution in [0.3, 0.4) is 0 Å². The fourth-order valence-electron chi connectivity index (χ4n) is 1.53. The van der Waals surface area contributed by atoms with E-state index in [1.54, 1.807) is 29.8 Å². The van der Waals surface area contributed by atoms with Gasteiger partial charge >= 0.3 is 0 Å². The fraction of sp³-hybridized carbons (Fsp3) is 0.0833. The van der Waals surface area contributed by atoms with Gasteiger partial charge in [0.25, 0.3) is 0 Å². The molecule has 82 valence electrons. The van der Waals surface area contributed by atoms with E-state index < -0.39 is 0 Å². The molecule has 2 rings (SSSR count). The lowest BCUT2D eigenvalue weighted by molar-refractivity contribution is 0.459. The topological polar surface area (TPSA) is 42.2 Å². The molecule has 1 N–H and O–H groups in total. The van der Waals surface area contributed by atoms with E-state index >= 15 is 0 Å². The van der Waals surface area contributed by atoms with Crippen LogP contribution in [0.15, 0.2) is 41.3 Å². The van der Waals surface area contributed by atoms with Crippen molar-refractivity contribution < 1.29 is 5.11 Å². The van der Waals surface area contributed by atoms with Gasteiger partial charge in [0.05, 0.1) is 5.69 Å². The lowest BCUT2D eigenvalue weighted by atomic mass is 10.2. The predicted octanol–water partition coefficient (Wildman–Crippen LogP) is 2.50. The molecule has 0 aliphatic rings. The Hall–Kier alpha value is -1.74. The summed E-state index contributed by atoms with van der Waals surface area (Å²) in [6.07, 6.45) is 1.61. The van der Waals surface area contributed by atoms with E-state index in [-0.39, 0.29) is 11.2 Å². The molecule has 1 aromatic heterocycles. The minimum atomic E-state index is -0.379. The molecule has 0 radical (unpaired) electrons. The summed E-state index contributed by atoms with van der Waals surface area (Å²) in [5.41, 5.74) is 0.922. The zero-order valence-electron chi connectivity index (χ0n) is 8.64. The van der Waals surface area contributed by atoms with Crippen molar-refractivity contribution in [2.24, 2.45) is 0 Å². The van der Waals surface area contributed by atoms with Crippen LogP contribution in [0, 0.1) is 6.92 Å². The van der Waals surface area contributed by atoms with Crippen molar-refractivity contribution in [2.45, 2.75) is 6.92 Å². The Labute approximate surface area is 97.5 Å². The Bertz CT molecular complexity index is 590. The summed E-state index contributed by atoms with van der Waals surface area (Å²) < 4.78 is 1.71. The molecule has 2 aromatic rings. The fourth-order valence-corrected chi connectivity index (χ4v) is 1.72. The van der Waals surface area contributed by atoms with Crippen LogP contribution in [0.2, 0.25) is 5.02 Å². The number of rotatable bonds is 1. The van der Waals surface area contributed by atoms with Gasteiger partial charge in [0.2, 0.25) is 5.43 Å². The van der Waals surface area contributed by atoms with E-state index in [9.17, 15) is 9.90 Å². The lowest BCUT2D eigenvalue weighted by Crippen LogP contribution is -2.08. The van der Waals surface area contributed by atoms with Crippen molar-refractivity contribution in [3.63, 3.8) is 0 Å². The normalized spacial score (nSPS) is 10.4. The maximum Gasteiger partial charge on any atom is 0.223 e. The van der Waals surface area contributed by atoms with E-state index in [4.69, 9.17) is 11.6 Å². The van der Waals surface area contributed by atoms with Crippen LogP contribution in [-0.4, -0.2) is 9.67 Å². The average Bonchev–Trinajstić information content (AvgIpc) is 2.26. The molecule has 0 bridgehead atoms. The second-order valence-electron chi connectivity index (χ2n) is 3.46. The van der Waals surface area contributed by atoms with Gasteiger partial charge in [-0.2, -0.15) is 0 Å². The first kappa shape index (κ1) is 10.8. The minimum absolute atomic E-state index is 0.234. The largest absolute Gasteiger partial charge is 0.503 e. The molecule has 4 heteroatoms. The number of hydrogen-bond donors (Lipinski definition) is 1. The van der Waals surface area contributed by atoms with Gasteiger partial charge in [-0.1, -0.05) is 17.7 Å². The summed E-state index contributed by atoms with van der Waals surface area (Å²) in [4.78, 5) is 11.2. The number of halogens is 1. The van der Waals surface area contributed by atoms with Gasteiger partial charge in [-0.15, -0.1) is 0 Å². The average molecular weight is 236 g/mol. The van der Waals surface area contributed by atoms with Crippen LogP contribution in [-0.2, 0) is 0 Å². The summed E-state index contributed by atoms with van der Waals surface area (Å²) in [6, 6.07) is 8.51. The van der Waals surface area contributed by atoms with E-state index in [1.165, 1.54) is 6.07 Å². The Morgan fingerprint density at radius 2 is 2.06 bits per heavy atom. The molecule has 3 nitrogen and oxygen atoms in total. The van der Waals surface area contributed by atoms with Crippen molar-refractivity contribution in [1.82, 2.24) is 4.57 Å². The summed E-state index contributed by atoms with van der Waals surface area (Å²) >= 11 is 5.88. The molecule has 0 unspecified atom stereocenters. The number of aromatic hydroxyl groups is 1. The molecule has 16 heavy (non-hydrogen) atoms. The Morgan fingerprint density at radius 1 is 1.31 bits per heavy atom. The highest BCUT2D eigenvalue weighted by Crippen LogP contribution is 2.18. The second-order valence-corrected chi connectivity index (χ2v) is 3.90. The van der Waals surface area contributed by atoms with Crippen molar-refractivity contribution in [3.05, 3.63) is 57.5 Å². The van der Waals surface area contributed by atoms with Crippen LogP contribution >= 0.6 is 11.6 Å². The molecule has 1 aromatic carbocycles. The maximum atomic E-state index is 11.2. The summed E-state index contributed by atoms with van der Waals surface area (Å²) in [7, 11) is 0. The number of benzene rings is 1. The Morgan fingerprint density at radius 3 is 2.75 bits per heavy atom. The third-order valence-corrected chi connectivity index (χ3v) is 2.63. The summed E-state index contributed by atoms with van der Waals surface area (Å²) in [5.74, 6) is -0.234. The van der Waals surface area contributed by atoms with Gasteiger partial charge in [-0.05, 0) is 25.1 Å². The van der Waals surface area contributed by atoms with Crippen molar-refractivity contribution >= 4 is 11.6 Å². The van der Waals surface area contributed by atoms with E-state index in [0.717, 1.165) is 5.69 Å². The number of aromatic nitrogens is 1. The van der Waals surface area contributed by atoms with E-state index in [2.05, 4.69) is 0 Å². The van der Waals surface area contributed by atoms with Crippen LogP contribution in [0.1, 0.15) is 5.69 Å². The molecule has 0 atom stereocenters. The molecule has 0 amide bonds. The molecule has 0 aliphatic heterocycles. The van der Waals surface area contributed by atoms with Gasteiger partial charge in [0, 0.05) is 23.0 Å². The summed E-state index contributed by atoms with van der Waals surface area (Å²) in [5, 5.41) is 10.2. The van der Waals surface area contributed by atoms with Crippen LogP contribution in [0.5, 0.6) is 5.75 Å². The van der Waals surface area contributed by atoms with Crippen molar-refractivity contribution in [1.29, 1.82) is 0 Å². The van der Waals surface area contributed by atoms with Crippen molar-refractivity contribution in [3.8, 4) is 11.4 Å².